The lowest BCUT2D eigenvalue weighted by Gasteiger charge is -2.08. The molecule has 0 spiro atoms. The Hall–Kier alpha value is -3.19. The molecule has 7 heteroatoms. The Morgan fingerprint density at radius 3 is 2.29 bits per heavy atom. The van der Waals surface area contributed by atoms with Gasteiger partial charge in [-0.15, -0.1) is 0 Å². The number of esters is 2. The first-order chi connectivity index (χ1) is 13.6. The highest BCUT2D eigenvalue weighted by Gasteiger charge is 2.11. The number of pyridine rings is 1. The maximum atomic E-state index is 12.1. The normalized spacial score (nSPS) is 10.2. The molecule has 1 heterocycles. The second kappa shape index (κ2) is 9.66. The topological polar surface area (TPSA) is 74.7 Å². The summed E-state index contributed by atoms with van der Waals surface area (Å²) in [5.41, 5.74) is 0.667. The predicted octanol–water partition coefficient (Wildman–Crippen LogP) is 4.30. The molecule has 0 aliphatic carbocycles. The number of halogens is 1. The van der Waals surface area contributed by atoms with Gasteiger partial charge in [0.2, 0.25) is 0 Å². The smallest absolute Gasteiger partial charge is 0.345 e. The van der Waals surface area contributed by atoms with E-state index in [-0.39, 0.29) is 13.2 Å². The minimum atomic E-state index is -0.540. The fourth-order valence-corrected chi connectivity index (χ4v) is 2.61. The fraction of sp³-hybridized carbons (Fsp3) is 0.0952. The molecular formula is C21H16BrNO5. The first-order valence-corrected chi connectivity index (χ1v) is 9.19. The summed E-state index contributed by atoms with van der Waals surface area (Å²) < 4.78 is 16.6. The Morgan fingerprint density at radius 2 is 1.57 bits per heavy atom. The number of nitrogens with zero attached hydrogens (tertiary/aromatic N) is 1. The maximum Gasteiger partial charge on any atom is 0.345 e. The van der Waals surface area contributed by atoms with Crippen molar-refractivity contribution in [3.63, 3.8) is 0 Å². The largest absolute Gasteiger partial charge is 0.490 e. The third-order valence-corrected chi connectivity index (χ3v) is 4.00. The van der Waals surface area contributed by atoms with Crippen molar-refractivity contribution in [3.8, 4) is 11.5 Å². The zero-order chi connectivity index (χ0) is 19.8. The van der Waals surface area contributed by atoms with Gasteiger partial charge in [-0.2, -0.15) is 0 Å². The molecule has 0 atom stereocenters. The second-order valence-corrected chi connectivity index (χ2v) is 6.52. The second-order valence-electron chi connectivity index (χ2n) is 5.60. The Labute approximate surface area is 170 Å². The van der Waals surface area contributed by atoms with E-state index in [9.17, 15) is 9.59 Å². The molecule has 3 rings (SSSR count). The lowest BCUT2D eigenvalue weighted by atomic mass is 10.2. The molecule has 0 aliphatic heterocycles. The Morgan fingerprint density at radius 1 is 0.821 bits per heavy atom. The van der Waals surface area contributed by atoms with E-state index in [4.69, 9.17) is 14.2 Å². The van der Waals surface area contributed by atoms with Crippen LogP contribution in [0.5, 0.6) is 11.5 Å². The molecule has 6 nitrogen and oxygen atoms in total. The molecule has 0 bridgehead atoms. The molecule has 0 saturated heterocycles. The number of rotatable bonds is 7. The molecule has 0 radical (unpaired) electrons. The van der Waals surface area contributed by atoms with Gasteiger partial charge >= 0.3 is 11.9 Å². The number of hydrogen-bond donors (Lipinski definition) is 0. The standard InChI is InChI=1S/C21H16BrNO5/c22-17-12-16(13-23-14-17)21(25)28-19-8-6-15(7-9-19)20(24)27-11-10-26-18-4-2-1-3-5-18/h1-9,12-14H,10-11H2. The van der Waals surface area contributed by atoms with Gasteiger partial charge in [0.25, 0.3) is 0 Å². The van der Waals surface area contributed by atoms with Crippen molar-refractivity contribution in [2.45, 2.75) is 0 Å². The Kier molecular flexibility index (Phi) is 6.75. The van der Waals surface area contributed by atoms with Crippen molar-refractivity contribution in [1.82, 2.24) is 4.98 Å². The molecule has 0 aliphatic rings. The molecule has 28 heavy (non-hydrogen) atoms. The highest BCUT2D eigenvalue weighted by molar-refractivity contribution is 9.10. The zero-order valence-corrected chi connectivity index (χ0v) is 16.3. The SMILES string of the molecule is O=C(OCCOc1ccccc1)c1ccc(OC(=O)c2cncc(Br)c2)cc1. The van der Waals surface area contributed by atoms with E-state index in [0.717, 1.165) is 0 Å². The van der Waals surface area contributed by atoms with E-state index in [2.05, 4.69) is 20.9 Å². The highest BCUT2D eigenvalue weighted by Crippen LogP contribution is 2.16. The average molecular weight is 442 g/mol. The predicted molar refractivity (Wildman–Crippen MR) is 106 cm³/mol. The van der Waals surface area contributed by atoms with Crippen LogP contribution in [0.1, 0.15) is 20.7 Å². The molecule has 0 unspecified atom stereocenters. The molecule has 0 N–H and O–H groups in total. The lowest BCUT2D eigenvalue weighted by Crippen LogP contribution is -2.12. The van der Waals surface area contributed by atoms with Gasteiger partial charge in [0.15, 0.2) is 0 Å². The van der Waals surface area contributed by atoms with Crippen LogP contribution < -0.4 is 9.47 Å². The van der Waals surface area contributed by atoms with Gasteiger partial charge in [-0.05, 0) is 58.4 Å². The summed E-state index contributed by atoms with van der Waals surface area (Å²) in [4.78, 5) is 28.1. The molecule has 0 fully saturated rings. The summed E-state index contributed by atoms with van der Waals surface area (Å²) in [5.74, 6) is 0.00668. The van der Waals surface area contributed by atoms with Crippen LogP contribution in [-0.2, 0) is 4.74 Å². The van der Waals surface area contributed by atoms with Crippen LogP contribution in [0.15, 0.2) is 77.5 Å². The zero-order valence-electron chi connectivity index (χ0n) is 14.7. The number of ether oxygens (including phenoxy) is 3. The van der Waals surface area contributed by atoms with Crippen molar-refractivity contribution in [2.24, 2.45) is 0 Å². The summed E-state index contributed by atoms with van der Waals surface area (Å²) in [6, 6.07) is 17.0. The third-order valence-electron chi connectivity index (χ3n) is 3.57. The number of carbonyl (C=O) groups excluding carboxylic acids is 2. The van der Waals surface area contributed by atoms with Crippen LogP contribution in [0.25, 0.3) is 0 Å². The molecule has 0 amide bonds. The van der Waals surface area contributed by atoms with Gasteiger partial charge in [0.1, 0.15) is 24.7 Å². The van der Waals surface area contributed by atoms with Crippen LogP contribution in [0.3, 0.4) is 0 Å². The van der Waals surface area contributed by atoms with E-state index in [1.54, 1.807) is 12.3 Å². The Balaban J connectivity index is 1.48. The van der Waals surface area contributed by atoms with E-state index < -0.39 is 11.9 Å². The van der Waals surface area contributed by atoms with Gasteiger partial charge in [-0.1, -0.05) is 18.2 Å². The minimum Gasteiger partial charge on any atom is -0.490 e. The lowest BCUT2D eigenvalue weighted by molar-refractivity contribution is 0.0450. The minimum absolute atomic E-state index is 0.125. The quantitative estimate of drug-likeness (QED) is 0.309. The van der Waals surface area contributed by atoms with Crippen LogP contribution in [0.2, 0.25) is 0 Å². The maximum absolute atomic E-state index is 12.1. The summed E-state index contributed by atoms with van der Waals surface area (Å²) in [6.45, 7) is 0.381. The van der Waals surface area contributed by atoms with Gasteiger partial charge in [0, 0.05) is 16.9 Å². The summed E-state index contributed by atoms with van der Waals surface area (Å²) >= 11 is 3.25. The molecule has 3 aromatic rings. The number of aromatic nitrogens is 1. The van der Waals surface area contributed by atoms with E-state index in [1.807, 2.05) is 30.3 Å². The van der Waals surface area contributed by atoms with Gasteiger partial charge in [-0.3, -0.25) is 4.98 Å². The summed E-state index contributed by atoms with van der Waals surface area (Å²) in [6.07, 6.45) is 2.98. The third kappa shape index (κ3) is 5.65. The van der Waals surface area contributed by atoms with Crippen LogP contribution in [-0.4, -0.2) is 30.1 Å². The molecule has 0 saturated carbocycles. The van der Waals surface area contributed by atoms with Crippen LogP contribution in [0.4, 0.5) is 0 Å². The van der Waals surface area contributed by atoms with Gasteiger partial charge in [0.05, 0.1) is 11.1 Å². The molecule has 1 aromatic heterocycles. The molecular weight excluding hydrogens is 426 g/mol. The number of carbonyl (C=O) groups is 2. The first-order valence-electron chi connectivity index (χ1n) is 8.39. The summed E-state index contributed by atoms with van der Waals surface area (Å²) in [5, 5.41) is 0. The monoisotopic (exact) mass is 441 g/mol. The molecule has 142 valence electrons. The van der Waals surface area contributed by atoms with Crippen molar-refractivity contribution < 1.29 is 23.8 Å². The number of benzene rings is 2. The van der Waals surface area contributed by atoms with Crippen molar-refractivity contribution >= 4 is 27.9 Å². The fourth-order valence-electron chi connectivity index (χ4n) is 2.24. The average Bonchev–Trinajstić information content (AvgIpc) is 2.72. The highest BCUT2D eigenvalue weighted by atomic mass is 79.9. The van der Waals surface area contributed by atoms with Gasteiger partial charge < -0.3 is 14.2 Å². The van der Waals surface area contributed by atoms with Crippen molar-refractivity contribution in [3.05, 3.63) is 88.7 Å². The van der Waals surface area contributed by atoms with Crippen LogP contribution in [0, 0.1) is 0 Å². The summed E-state index contributed by atoms with van der Waals surface area (Å²) in [7, 11) is 0. The van der Waals surface area contributed by atoms with E-state index in [0.29, 0.717) is 27.1 Å². The molecule has 2 aromatic carbocycles. The van der Waals surface area contributed by atoms with E-state index in [1.165, 1.54) is 30.5 Å². The van der Waals surface area contributed by atoms with Crippen molar-refractivity contribution in [2.75, 3.05) is 13.2 Å². The first kappa shape index (κ1) is 19.6. The number of para-hydroxylation sites is 1. The van der Waals surface area contributed by atoms with E-state index >= 15 is 0 Å². The number of hydrogen-bond acceptors (Lipinski definition) is 6. The van der Waals surface area contributed by atoms with Crippen LogP contribution >= 0.6 is 15.9 Å². The van der Waals surface area contributed by atoms with Gasteiger partial charge in [-0.25, -0.2) is 9.59 Å². The van der Waals surface area contributed by atoms with Crippen molar-refractivity contribution in [1.29, 1.82) is 0 Å². The Bertz CT molecular complexity index is 945.